The molecule has 0 saturated heterocycles. The summed E-state index contributed by atoms with van der Waals surface area (Å²) in [7, 11) is 3.93. The van der Waals surface area contributed by atoms with E-state index in [2.05, 4.69) is 36.5 Å². The van der Waals surface area contributed by atoms with Crippen LogP contribution in [0, 0.1) is 6.57 Å². The lowest BCUT2D eigenvalue weighted by Crippen LogP contribution is -2.36. The van der Waals surface area contributed by atoms with E-state index in [4.69, 9.17) is 6.57 Å². The normalized spacial score (nSPS) is 18.0. The van der Waals surface area contributed by atoms with Gasteiger partial charge in [-0.15, -0.1) is 0 Å². The van der Waals surface area contributed by atoms with Crippen LogP contribution in [0.5, 0.6) is 0 Å². The highest BCUT2D eigenvalue weighted by molar-refractivity contribution is 5.95. The summed E-state index contributed by atoms with van der Waals surface area (Å²) in [6.45, 7) is 7.84. The summed E-state index contributed by atoms with van der Waals surface area (Å²) in [4.78, 5) is 23.5. The van der Waals surface area contributed by atoms with E-state index in [1.54, 1.807) is 0 Å². The molecule has 2 atom stereocenters. The Morgan fingerprint density at radius 1 is 1.14 bits per heavy atom. The van der Waals surface area contributed by atoms with E-state index in [1.807, 2.05) is 73.9 Å². The lowest BCUT2D eigenvalue weighted by molar-refractivity contribution is 0.0733. The number of rotatable bonds is 4. The molecule has 0 radical (unpaired) electrons. The molecule has 36 heavy (non-hydrogen) atoms. The number of nitrogens with zero attached hydrogens (tertiary/aromatic N) is 5. The van der Waals surface area contributed by atoms with Crippen LogP contribution >= 0.6 is 0 Å². The van der Waals surface area contributed by atoms with E-state index in [9.17, 15) is 4.79 Å². The van der Waals surface area contributed by atoms with Gasteiger partial charge in [-0.3, -0.25) is 9.36 Å². The standard InChI is InChI=1S/C29H28N6O/c1-30-23-7-4-19(5-8-23)21-15-27-28-32-12-13-35(28)26-11-6-20(14-22(26)18-34(27)17-21)29(36)33(3)25-10-9-24(16-25)31-2/h4-8,11-15,17,24-25,31H,9-10,16,18H2,2-3H3/t24-,25-/m0/s1. The molecule has 0 spiro atoms. The second kappa shape index (κ2) is 8.81. The molecule has 7 heteroatoms. The number of carbonyl (C=O) groups is 1. The molecule has 1 fully saturated rings. The molecule has 180 valence electrons. The third-order valence-electron chi connectivity index (χ3n) is 7.70. The molecule has 1 N–H and O–H groups in total. The summed E-state index contributed by atoms with van der Waals surface area (Å²) in [5, 5.41) is 3.35. The van der Waals surface area contributed by atoms with Gasteiger partial charge in [0.15, 0.2) is 11.5 Å². The van der Waals surface area contributed by atoms with Gasteiger partial charge in [0.25, 0.3) is 5.91 Å². The molecule has 0 unspecified atom stereocenters. The zero-order chi connectivity index (χ0) is 24.8. The summed E-state index contributed by atoms with van der Waals surface area (Å²) in [6, 6.07) is 16.6. The van der Waals surface area contributed by atoms with Crippen molar-refractivity contribution in [1.29, 1.82) is 0 Å². The molecule has 1 saturated carbocycles. The molecule has 7 nitrogen and oxygen atoms in total. The summed E-state index contributed by atoms with van der Waals surface area (Å²) >= 11 is 0. The van der Waals surface area contributed by atoms with E-state index in [0.717, 1.165) is 58.7 Å². The average Bonchev–Trinajstić information content (AvgIpc) is 3.66. The van der Waals surface area contributed by atoms with Gasteiger partial charge in [-0.2, -0.15) is 0 Å². The Balaban J connectivity index is 1.35. The largest absolute Gasteiger partial charge is 0.340 e. The van der Waals surface area contributed by atoms with Crippen LogP contribution in [0.15, 0.2) is 67.1 Å². The van der Waals surface area contributed by atoms with Crippen molar-refractivity contribution in [2.45, 2.75) is 37.9 Å². The minimum Gasteiger partial charge on any atom is -0.340 e. The zero-order valence-electron chi connectivity index (χ0n) is 20.5. The van der Waals surface area contributed by atoms with Gasteiger partial charge in [0.1, 0.15) is 0 Å². The molecule has 1 aliphatic heterocycles. The highest BCUT2D eigenvalue weighted by Crippen LogP contribution is 2.35. The minimum atomic E-state index is 0.0722. The fourth-order valence-electron chi connectivity index (χ4n) is 5.61. The fraction of sp³-hybridized carbons (Fsp3) is 0.276. The Morgan fingerprint density at radius 3 is 2.72 bits per heavy atom. The highest BCUT2D eigenvalue weighted by Gasteiger charge is 2.30. The number of benzene rings is 2. The van der Waals surface area contributed by atoms with Crippen LogP contribution in [0.3, 0.4) is 0 Å². The first kappa shape index (κ1) is 22.3. The lowest BCUT2D eigenvalue weighted by Gasteiger charge is -2.25. The minimum absolute atomic E-state index is 0.0722. The molecule has 1 amide bonds. The summed E-state index contributed by atoms with van der Waals surface area (Å²) in [6.07, 6.45) is 9.05. The van der Waals surface area contributed by atoms with Crippen molar-refractivity contribution in [3.05, 3.63) is 89.7 Å². The van der Waals surface area contributed by atoms with Crippen molar-refractivity contribution in [3.8, 4) is 28.3 Å². The zero-order valence-corrected chi connectivity index (χ0v) is 20.5. The van der Waals surface area contributed by atoms with Gasteiger partial charge < -0.3 is 14.8 Å². The number of carbonyl (C=O) groups excluding carboxylic acids is 1. The van der Waals surface area contributed by atoms with E-state index in [0.29, 0.717) is 18.3 Å². The topological polar surface area (TPSA) is 59.5 Å². The van der Waals surface area contributed by atoms with Gasteiger partial charge in [-0.25, -0.2) is 9.83 Å². The molecular weight excluding hydrogens is 448 g/mol. The summed E-state index contributed by atoms with van der Waals surface area (Å²) < 4.78 is 4.31. The van der Waals surface area contributed by atoms with Crippen LogP contribution in [0.4, 0.5) is 5.69 Å². The first-order chi connectivity index (χ1) is 17.6. The smallest absolute Gasteiger partial charge is 0.253 e. The monoisotopic (exact) mass is 476 g/mol. The van der Waals surface area contributed by atoms with E-state index < -0.39 is 0 Å². The first-order valence-electron chi connectivity index (χ1n) is 12.3. The lowest BCUT2D eigenvalue weighted by atomic mass is 10.1. The number of imidazole rings is 1. The van der Waals surface area contributed by atoms with Crippen molar-refractivity contribution < 1.29 is 4.79 Å². The summed E-state index contributed by atoms with van der Waals surface area (Å²) in [5.41, 5.74) is 6.63. The Bertz CT molecular complexity index is 1490. The van der Waals surface area contributed by atoms with Crippen LogP contribution in [-0.2, 0) is 6.54 Å². The Hall–Kier alpha value is -4.15. The maximum Gasteiger partial charge on any atom is 0.253 e. The van der Waals surface area contributed by atoms with Crippen molar-refractivity contribution in [2.75, 3.05) is 14.1 Å². The second-order valence-electron chi connectivity index (χ2n) is 9.73. The van der Waals surface area contributed by atoms with E-state index in [-0.39, 0.29) is 11.9 Å². The van der Waals surface area contributed by atoms with Gasteiger partial charge in [0, 0.05) is 55.4 Å². The number of fused-ring (bicyclic) bond motifs is 5. The number of hydrogen-bond donors (Lipinski definition) is 1. The van der Waals surface area contributed by atoms with Crippen molar-refractivity contribution in [2.24, 2.45) is 0 Å². The Morgan fingerprint density at radius 2 is 1.97 bits per heavy atom. The quantitative estimate of drug-likeness (QED) is 0.366. The number of hydrogen-bond acceptors (Lipinski definition) is 3. The van der Waals surface area contributed by atoms with Crippen molar-refractivity contribution >= 4 is 11.6 Å². The van der Waals surface area contributed by atoms with Crippen LogP contribution in [0.1, 0.15) is 35.2 Å². The molecule has 2 aromatic heterocycles. The molecule has 4 aromatic rings. The van der Waals surface area contributed by atoms with Crippen LogP contribution < -0.4 is 5.32 Å². The van der Waals surface area contributed by atoms with Gasteiger partial charge in [0.2, 0.25) is 0 Å². The second-order valence-corrected chi connectivity index (χ2v) is 9.73. The van der Waals surface area contributed by atoms with Gasteiger partial charge in [0.05, 0.1) is 18.0 Å². The Kier molecular flexibility index (Phi) is 5.46. The Labute approximate surface area is 210 Å². The molecule has 2 aromatic carbocycles. The van der Waals surface area contributed by atoms with Gasteiger partial charge in [-0.05, 0) is 61.7 Å². The van der Waals surface area contributed by atoms with Crippen molar-refractivity contribution in [1.82, 2.24) is 24.3 Å². The number of amides is 1. The molecule has 1 aliphatic carbocycles. The molecule has 0 bridgehead atoms. The highest BCUT2D eigenvalue weighted by atomic mass is 16.2. The molecule has 6 rings (SSSR count). The van der Waals surface area contributed by atoms with E-state index >= 15 is 0 Å². The fourth-order valence-corrected chi connectivity index (χ4v) is 5.61. The summed E-state index contributed by atoms with van der Waals surface area (Å²) in [5.74, 6) is 0.945. The predicted molar refractivity (Wildman–Crippen MR) is 140 cm³/mol. The molecule has 2 aliphatic rings. The first-order valence-corrected chi connectivity index (χ1v) is 12.3. The van der Waals surface area contributed by atoms with Crippen LogP contribution in [0.2, 0.25) is 0 Å². The number of nitrogens with one attached hydrogen (secondary N) is 1. The SMILES string of the molecule is [C-]#[N+]c1ccc(-c2cc3n(c2)Cc2cc(C(=O)N(C)[C@H]4CC[C@H](NC)C4)ccc2-n2ccnc2-3)cc1. The van der Waals surface area contributed by atoms with Crippen LogP contribution in [0.25, 0.3) is 33.2 Å². The van der Waals surface area contributed by atoms with E-state index in [1.165, 1.54) is 0 Å². The third kappa shape index (κ3) is 3.71. The maximum atomic E-state index is 13.4. The third-order valence-corrected chi connectivity index (χ3v) is 7.70. The van der Waals surface area contributed by atoms with Gasteiger partial charge in [-0.1, -0.05) is 24.3 Å². The van der Waals surface area contributed by atoms with Crippen LogP contribution in [-0.4, -0.2) is 51.1 Å². The maximum absolute atomic E-state index is 13.4. The number of aromatic nitrogens is 3. The van der Waals surface area contributed by atoms with Gasteiger partial charge >= 0.3 is 0 Å². The average molecular weight is 477 g/mol. The molecule has 3 heterocycles. The molecular formula is C29H28N6O. The predicted octanol–water partition coefficient (Wildman–Crippen LogP) is 5.13. The van der Waals surface area contributed by atoms with Crippen molar-refractivity contribution in [3.63, 3.8) is 0 Å².